The lowest BCUT2D eigenvalue weighted by Gasteiger charge is -2.31. The minimum atomic E-state index is -0.0491. The molecular weight excluding hydrogens is 402 g/mol. The Hall–Kier alpha value is -3.74. The molecule has 4 aromatic rings. The molecule has 162 valence electrons. The molecule has 32 heavy (non-hydrogen) atoms. The van der Waals surface area contributed by atoms with E-state index >= 15 is 0 Å². The lowest BCUT2D eigenvalue weighted by molar-refractivity contribution is 0.0682. The highest BCUT2D eigenvalue weighted by Crippen LogP contribution is 2.31. The number of nitrogens with one attached hydrogen (secondary N) is 1. The van der Waals surface area contributed by atoms with E-state index in [0.29, 0.717) is 24.7 Å². The summed E-state index contributed by atoms with van der Waals surface area (Å²) < 4.78 is 5.82. The van der Waals surface area contributed by atoms with Crippen LogP contribution < -0.4 is 5.32 Å². The van der Waals surface area contributed by atoms with Gasteiger partial charge in [0.1, 0.15) is 11.4 Å². The summed E-state index contributed by atoms with van der Waals surface area (Å²) in [5, 5.41) is 4.10. The van der Waals surface area contributed by atoms with Gasteiger partial charge in [0, 0.05) is 61.2 Å². The van der Waals surface area contributed by atoms with Gasteiger partial charge in [-0.25, -0.2) is 9.97 Å². The van der Waals surface area contributed by atoms with Gasteiger partial charge in [0.05, 0.1) is 0 Å². The first kappa shape index (κ1) is 20.2. The summed E-state index contributed by atoms with van der Waals surface area (Å²) in [6, 6.07) is 13.6. The maximum Gasteiger partial charge on any atom is 0.289 e. The van der Waals surface area contributed by atoms with Gasteiger partial charge in [-0.05, 0) is 50.1 Å². The maximum atomic E-state index is 13.0. The average Bonchev–Trinajstić information content (AvgIpc) is 3.27. The van der Waals surface area contributed by atoms with Crippen molar-refractivity contribution in [1.29, 1.82) is 0 Å². The number of rotatable bonds is 4. The summed E-state index contributed by atoms with van der Waals surface area (Å²) >= 11 is 0. The molecule has 1 aliphatic rings. The third-order valence-electron chi connectivity index (χ3n) is 6.00. The molecule has 5 rings (SSSR count). The number of likely N-dealkylation sites (tertiary alicyclic amines) is 1. The first-order valence-electron chi connectivity index (χ1n) is 10.9. The van der Waals surface area contributed by atoms with E-state index in [-0.39, 0.29) is 11.8 Å². The third-order valence-corrected chi connectivity index (χ3v) is 6.00. The molecule has 1 N–H and O–H groups in total. The largest absolute Gasteiger partial charge is 0.451 e. The van der Waals surface area contributed by atoms with Gasteiger partial charge >= 0.3 is 0 Å². The smallest absolute Gasteiger partial charge is 0.289 e. The topological polar surface area (TPSA) is 84.2 Å². The number of aromatic nitrogens is 3. The molecule has 1 amide bonds. The molecule has 0 aliphatic carbocycles. The van der Waals surface area contributed by atoms with Gasteiger partial charge in [-0.15, -0.1) is 0 Å². The Morgan fingerprint density at radius 1 is 1.12 bits per heavy atom. The Bertz CT molecular complexity index is 1260. The second-order valence-electron chi connectivity index (χ2n) is 8.21. The zero-order valence-electron chi connectivity index (χ0n) is 18.2. The van der Waals surface area contributed by atoms with E-state index in [1.54, 1.807) is 12.4 Å². The van der Waals surface area contributed by atoms with Crippen molar-refractivity contribution in [3.05, 3.63) is 71.9 Å². The van der Waals surface area contributed by atoms with Crippen LogP contribution in [0.2, 0.25) is 0 Å². The van der Waals surface area contributed by atoms with E-state index in [2.05, 4.69) is 15.3 Å². The number of pyridine rings is 1. The van der Waals surface area contributed by atoms with Crippen LogP contribution in [0.4, 0.5) is 5.82 Å². The second kappa shape index (κ2) is 8.42. The summed E-state index contributed by atoms with van der Waals surface area (Å²) in [6.45, 7) is 3.37. The van der Waals surface area contributed by atoms with E-state index < -0.39 is 0 Å². The zero-order valence-corrected chi connectivity index (χ0v) is 18.2. The van der Waals surface area contributed by atoms with Gasteiger partial charge in [-0.1, -0.05) is 11.6 Å². The summed E-state index contributed by atoms with van der Waals surface area (Å²) in [6.07, 6.45) is 5.20. The molecule has 7 nitrogen and oxygen atoms in total. The number of benzene rings is 1. The van der Waals surface area contributed by atoms with Gasteiger partial charge in [-0.3, -0.25) is 9.78 Å². The summed E-state index contributed by atoms with van der Waals surface area (Å²) in [5.41, 5.74) is 3.78. The number of carbonyl (C=O) groups excluding carboxylic acids is 1. The van der Waals surface area contributed by atoms with Crippen LogP contribution >= 0.6 is 0 Å². The molecule has 0 atom stereocenters. The Labute approximate surface area is 186 Å². The highest BCUT2D eigenvalue weighted by Gasteiger charge is 2.28. The molecule has 1 aromatic carbocycles. The molecule has 0 unspecified atom stereocenters. The predicted molar refractivity (Wildman–Crippen MR) is 124 cm³/mol. The van der Waals surface area contributed by atoms with Crippen LogP contribution in [0, 0.1) is 6.92 Å². The first-order valence-corrected chi connectivity index (χ1v) is 10.9. The number of anilines is 1. The van der Waals surface area contributed by atoms with E-state index in [9.17, 15) is 4.79 Å². The number of hydrogen-bond donors (Lipinski definition) is 1. The summed E-state index contributed by atoms with van der Waals surface area (Å²) in [4.78, 5) is 28.5. The number of nitrogens with zero attached hydrogens (tertiary/aromatic N) is 4. The van der Waals surface area contributed by atoms with Crippen molar-refractivity contribution < 1.29 is 9.21 Å². The molecule has 7 heteroatoms. The molecule has 0 bridgehead atoms. The average molecular weight is 428 g/mol. The van der Waals surface area contributed by atoms with E-state index in [4.69, 9.17) is 9.40 Å². The Kier molecular flexibility index (Phi) is 5.31. The normalized spacial score (nSPS) is 14.6. The van der Waals surface area contributed by atoms with E-state index in [1.807, 2.05) is 61.3 Å². The first-order chi connectivity index (χ1) is 15.6. The van der Waals surface area contributed by atoms with Gasteiger partial charge in [0.15, 0.2) is 11.6 Å². The quantitative estimate of drug-likeness (QED) is 0.510. The fourth-order valence-corrected chi connectivity index (χ4v) is 4.23. The van der Waals surface area contributed by atoms with Crippen LogP contribution in [0.15, 0.2) is 59.3 Å². The molecule has 1 aliphatic heterocycles. The van der Waals surface area contributed by atoms with Gasteiger partial charge in [0.25, 0.3) is 5.91 Å². The van der Waals surface area contributed by atoms with Gasteiger partial charge < -0.3 is 14.6 Å². The standard InChI is InChI=1S/C25H25N5O2/c1-16-5-6-21-19(12-16)13-22(32-21)25(31)30-10-7-17(8-11-30)20-14-23(26-2)29-24(28-20)18-4-3-9-27-15-18/h3-6,9,12-15,17H,7-8,10-11H2,1-2H3,(H,26,28,29). The number of furan rings is 1. The fourth-order valence-electron chi connectivity index (χ4n) is 4.23. The number of piperidine rings is 1. The number of fused-ring (bicyclic) bond motifs is 1. The van der Waals surface area contributed by atoms with E-state index in [0.717, 1.165) is 46.4 Å². The minimum absolute atomic E-state index is 0.0491. The summed E-state index contributed by atoms with van der Waals surface area (Å²) in [5.74, 6) is 2.07. The van der Waals surface area contributed by atoms with Crippen molar-refractivity contribution >= 4 is 22.7 Å². The van der Waals surface area contributed by atoms with Crippen LogP contribution in [-0.2, 0) is 0 Å². The summed E-state index contributed by atoms with van der Waals surface area (Å²) in [7, 11) is 1.86. The highest BCUT2D eigenvalue weighted by atomic mass is 16.3. The van der Waals surface area contributed by atoms with Crippen molar-refractivity contribution in [2.24, 2.45) is 0 Å². The molecule has 0 radical (unpaired) electrons. The Morgan fingerprint density at radius 2 is 1.97 bits per heavy atom. The SMILES string of the molecule is CNc1cc(C2CCN(C(=O)c3cc4cc(C)ccc4o3)CC2)nc(-c2cccnc2)n1. The van der Waals surface area contributed by atoms with Crippen molar-refractivity contribution in [2.45, 2.75) is 25.7 Å². The predicted octanol–water partition coefficient (Wildman–Crippen LogP) is 4.65. The van der Waals surface area contributed by atoms with Crippen LogP contribution in [0.1, 0.15) is 40.6 Å². The number of aryl methyl sites for hydroxylation is 1. The van der Waals surface area contributed by atoms with Crippen LogP contribution in [-0.4, -0.2) is 45.9 Å². The Balaban J connectivity index is 1.32. The number of amides is 1. The number of hydrogen-bond acceptors (Lipinski definition) is 6. The molecule has 4 heterocycles. The lowest BCUT2D eigenvalue weighted by atomic mass is 9.93. The van der Waals surface area contributed by atoms with Crippen molar-refractivity contribution in [2.75, 3.05) is 25.5 Å². The van der Waals surface area contributed by atoms with Crippen LogP contribution in [0.3, 0.4) is 0 Å². The molecular formula is C25H25N5O2. The van der Waals surface area contributed by atoms with Gasteiger partial charge in [0.2, 0.25) is 0 Å². The van der Waals surface area contributed by atoms with Crippen molar-refractivity contribution in [1.82, 2.24) is 19.9 Å². The molecule has 0 spiro atoms. The van der Waals surface area contributed by atoms with Crippen LogP contribution in [0.25, 0.3) is 22.4 Å². The van der Waals surface area contributed by atoms with Crippen molar-refractivity contribution in [3.63, 3.8) is 0 Å². The molecule has 3 aromatic heterocycles. The monoisotopic (exact) mass is 427 g/mol. The lowest BCUT2D eigenvalue weighted by Crippen LogP contribution is -2.37. The molecule has 1 saturated heterocycles. The third kappa shape index (κ3) is 3.93. The Morgan fingerprint density at radius 3 is 2.72 bits per heavy atom. The maximum absolute atomic E-state index is 13.0. The second-order valence-corrected chi connectivity index (χ2v) is 8.21. The van der Waals surface area contributed by atoms with Gasteiger partial charge in [-0.2, -0.15) is 0 Å². The number of carbonyl (C=O) groups is 1. The van der Waals surface area contributed by atoms with E-state index in [1.165, 1.54) is 0 Å². The minimum Gasteiger partial charge on any atom is -0.451 e. The molecule has 1 fully saturated rings. The highest BCUT2D eigenvalue weighted by molar-refractivity contribution is 5.96. The van der Waals surface area contributed by atoms with Crippen molar-refractivity contribution in [3.8, 4) is 11.4 Å². The fraction of sp³-hybridized carbons (Fsp3) is 0.280. The zero-order chi connectivity index (χ0) is 22.1. The molecule has 0 saturated carbocycles. The van der Waals surface area contributed by atoms with Crippen LogP contribution in [0.5, 0.6) is 0 Å².